The van der Waals surface area contributed by atoms with Crippen molar-refractivity contribution in [2.24, 2.45) is 17.8 Å². The molecular formula is C43H46N4O4. The van der Waals surface area contributed by atoms with Crippen LogP contribution in [0.3, 0.4) is 0 Å². The smallest absolute Gasteiger partial charge is 0.315 e. The number of urea groups is 1. The first-order chi connectivity index (χ1) is 25.0. The van der Waals surface area contributed by atoms with E-state index in [4.69, 9.17) is 9.47 Å². The van der Waals surface area contributed by atoms with Crippen molar-refractivity contribution in [3.63, 3.8) is 0 Å². The fourth-order valence-corrected chi connectivity index (χ4v) is 9.86. The molecule has 4 aliphatic carbocycles. The largest absolute Gasteiger partial charge is 0.392 e. The van der Waals surface area contributed by atoms with Gasteiger partial charge in [0.1, 0.15) is 0 Å². The lowest BCUT2D eigenvalue weighted by atomic mass is 9.53. The molecule has 1 saturated heterocycles. The van der Waals surface area contributed by atoms with Crippen molar-refractivity contribution in [3.8, 4) is 11.1 Å². The molecule has 4 bridgehead atoms. The Morgan fingerprint density at radius 2 is 1.51 bits per heavy atom. The van der Waals surface area contributed by atoms with Crippen LogP contribution in [0.5, 0.6) is 0 Å². The molecule has 0 radical (unpaired) electrons. The molecule has 3 atom stereocenters. The van der Waals surface area contributed by atoms with Gasteiger partial charge < -0.3 is 29.8 Å². The van der Waals surface area contributed by atoms with E-state index in [1.54, 1.807) is 0 Å². The second-order valence-electron chi connectivity index (χ2n) is 15.6. The van der Waals surface area contributed by atoms with Crippen LogP contribution in [0.2, 0.25) is 0 Å². The Kier molecular flexibility index (Phi) is 8.62. The van der Waals surface area contributed by atoms with Crippen molar-refractivity contribution in [3.05, 3.63) is 126 Å². The van der Waals surface area contributed by atoms with Crippen LogP contribution >= 0.6 is 0 Å². The molecule has 1 aliphatic heterocycles. The maximum absolute atomic E-state index is 13.2. The van der Waals surface area contributed by atoms with Crippen molar-refractivity contribution in [1.29, 1.82) is 0 Å². The summed E-state index contributed by atoms with van der Waals surface area (Å²) >= 11 is 0. The summed E-state index contributed by atoms with van der Waals surface area (Å²) in [5.74, 6) is 2.38. The van der Waals surface area contributed by atoms with E-state index < -0.39 is 6.29 Å². The van der Waals surface area contributed by atoms with Crippen molar-refractivity contribution >= 4 is 17.1 Å². The lowest BCUT2D eigenvalue weighted by Crippen LogP contribution is -2.61. The molecule has 8 heteroatoms. The van der Waals surface area contributed by atoms with Crippen LogP contribution in [0, 0.1) is 17.8 Å². The summed E-state index contributed by atoms with van der Waals surface area (Å²) in [6.45, 7) is 1.13. The summed E-state index contributed by atoms with van der Waals surface area (Å²) in [5.41, 5.74) is 8.11. The number of aliphatic hydroxyl groups excluding tert-OH is 1. The van der Waals surface area contributed by atoms with Gasteiger partial charge in [0, 0.05) is 24.1 Å². The second kappa shape index (κ2) is 13.6. The van der Waals surface area contributed by atoms with Crippen LogP contribution in [-0.2, 0) is 29.2 Å². The molecule has 3 N–H and O–H groups in total. The molecule has 262 valence electrons. The number of benzene rings is 4. The van der Waals surface area contributed by atoms with Gasteiger partial charge in [-0.1, -0.05) is 72.8 Å². The molecule has 5 fully saturated rings. The van der Waals surface area contributed by atoms with Crippen LogP contribution < -0.4 is 10.6 Å². The van der Waals surface area contributed by atoms with Gasteiger partial charge in [0.25, 0.3) is 0 Å². The highest BCUT2D eigenvalue weighted by molar-refractivity contribution is 5.75. The quantitative estimate of drug-likeness (QED) is 0.146. The molecule has 5 aromatic rings. The molecule has 51 heavy (non-hydrogen) atoms. The average molecular weight is 683 g/mol. The molecule has 4 aromatic carbocycles. The molecule has 4 saturated carbocycles. The first kappa shape index (κ1) is 32.4. The van der Waals surface area contributed by atoms with Gasteiger partial charge in [0.15, 0.2) is 6.29 Å². The van der Waals surface area contributed by atoms with Gasteiger partial charge in [-0.05, 0) is 108 Å². The lowest BCUT2D eigenvalue weighted by molar-refractivity contribution is -0.252. The molecule has 2 heterocycles. The summed E-state index contributed by atoms with van der Waals surface area (Å²) in [4.78, 5) is 17.8. The number of carbonyl (C=O) groups excluding carboxylic acids is 1. The number of hydrogen-bond acceptors (Lipinski definition) is 5. The van der Waals surface area contributed by atoms with Gasteiger partial charge >= 0.3 is 6.03 Å². The third-order valence-corrected chi connectivity index (χ3v) is 11.8. The maximum Gasteiger partial charge on any atom is 0.315 e. The Labute approximate surface area is 299 Å². The van der Waals surface area contributed by atoms with Crippen molar-refractivity contribution in [2.75, 3.05) is 0 Å². The number of nitrogens with one attached hydrogen (secondary N) is 2. The molecule has 1 aromatic heterocycles. The monoisotopic (exact) mass is 682 g/mol. The van der Waals surface area contributed by atoms with E-state index in [0.29, 0.717) is 19.5 Å². The highest BCUT2D eigenvalue weighted by Gasteiger charge is 2.51. The van der Waals surface area contributed by atoms with Crippen molar-refractivity contribution in [1.82, 2.24) is 20.2 Å². The van der Waals surface area contributed by atoms with E-state index >= 15 is 0 Å². The van der Waals surface area contributed by atoms with E-state index in [2.05, 4.69) is 74.8 Å². The van der Waals surface area contributed by atoms with E-state index in [-0.39, 0.29) is 30.4 Å². The van der Waals surface area contributed by atoms with Crippen LogP contribution in [0.15, 0.2) is 103 Å². The summed E-state index contributed by atoms with van der Waals surface area (Å²) in [5, 5.41) is 16.2. The molecule has 0 spiro atoms. The highest BCUT2D eigenvalue weighted by Crippen LogP contribution is 2.55. The number of aromatic nitrogens is 2. The fraction of sp³-hybridized carbons (Fsp3) is 0.395. The Morgan fingerprint density at radius 1 is 0.784 bits per heavy atom. The third kappa shape index (κ3) is 6.80. The minimum atomic E-state index is -0.570. The number of ether oxygens (including phenoxy) is 2. The van der Waals surface area contributed by atoms with Crippen molar-refractivity contribution in [2.45, 2.75) is 88.7 Å². The van der Waals surface area contributed by atoms with Gasteiger partial charge in [-0.3, -0.25) is 0 Å². The summed E-state index contributed by atoms with van der Waals surface area (Å²) in [6.07, 6.45) is 9.21. The number of para-hydroxylation sites is 2. The number of fused-ring (bicyclic) bond motifs is 1. The summed E-state index contributed by atoms with van der Waals surface area (Å²) < 4.78 is 15.5. The van der Waals surface area contributed by atoms with Gasteiger partial charge in [-0.2, -0.15) is 0 Å². The third-order valence-electron chi connectivity index (χ3n) is 11.8. The van der Waals surface area contributed by atoms with Crippen LogP contribution in [-0.4, -0.2) is 32.3 Å². The maximum atomic E-state index is 13.2. The zero-order chi connectivity index (χ0) is 34.4. The van der Waals surface area contributed by atoms with E-state index in [9.17, 15) is 9.90 Å². The lowest BCUT2D eigenvalue weighted by Gasteiger charge is -2.56. The van der Waals surface area contributed by atoms with Gasteiger partial charge in [0.05, 0.1) is 42.7 Å². The van der Waals surface area contributed by atoms with Gasteiger partial charge in [-0.25, -0.2) is 9.78 Å². The molecule has 2 amide bonds. The minimum Gasteiger partial charge on any atom is -0.392 e. The minimum absolute atomic E-state index is 0.00215. The Hall–Kier alpha value is -4.50. The van der Waals surface area contributed by atoms with E-state index in [0.717, 1.165) is 81.4 Å². The van der Waals surface area contributed by atoms with Crippen molar-refractivity contribution < 1.29 is 19.4 Å². The Morgan fingerprint density at radius 3 is 2.27 bits per heavy atom. The van der Waals surface area contributed by atoms with Crippen LogP contribution in [0.25, 0.3) is 22.2 Å². The van der Waals surface area contributed by atoms with E-state index in [1.807, 2.05) is 48.8 Å². The predicted octanol–water partition coefficient (Wildman–Crippen LogP) is 8.21. The zero-order valence-electron chi connectivity index (χ0n) is 28.9. The second-order valence-corrected chi connectivity index (χ2v) is 15.6. The Balaban J connectivity index is 0.911. The first-order valence-corrected chi connectivity index (χ1v) is 18.6. The van der Waals surface area contributed by atoms with Gasteiger partial charge in [0.2, 0.25) is 0 Å². The fourth-order valence-electron chi connectivity index (χ4n) is 9.86. The number of imidazole rings is 1. The molecule has 10 rings (SSSR count). The number of aliphatic hydroxyl groups is 1. The number of nitrogens with zero attached hydrogens (tertiary/aromatic N) is 2. The summed E-state index contributed by atoms with van der Waals surface area (Å²) in [7, 11) is 0. The van der Waals surface area contributed by atoms with E-state index in [1.165, 1.54) is 19.3 Å². The predicted molar refractivity (Wildman–Crippen MR) is 196 cm³/mol. The molecular weight excluding hydrogens is 636 g/mol. The molecule has 8 nitrogen and oxygen atoms in total. The van der Waals surface area contributed by atoms with Gasteiger partial charge in [-0.15, -0.1) is 0 Å². The SMILES string of the molecule is O=C(NCc1cccc(-c2cccc([C@H]3O[C@@H](Cn4cnc5ccccc54)C[C@@H](c4ccc(CO)cc4)O3)c2)c1)NC12CC3CC(CC(C3)C1)C2. The topological polar surface area (TPSA) is 97.6 Å². The molecule has 5 aliphatic rings. The van der Waals surface area contributed by atoms with Crippen LogP contribution in [0.1, 0.15) is 79.6 Å². The number of carbonyl (C=O) groups is 1. The summed E-state index contributed by atoms with van der Waals surface area (Å²) in [6, 6.07) is 32.9. The number of amides is 2. The Bertz CT molecular complexity index is 1990. The number of rotatable bonds is 9. The molecule has 0 unspecified atom stereocenters. The normalized spacial score (nSPS) is 28.2. The average Bonchev–Trinajstić information content (AvgIpc) is 3.56. The highest BCUT2D eigenvalue weighted by atomic mass is 16.7. The number of hydrogen-bond donors (Lipinski definition) is 3. The first-order valence-electron chi connectivity index (χ1n) is 18.6. The van der Waals surface area contributed by atoms with Crippen LogP contribution in [0.4, 0.5) is 4.79 Å². The zero-order valence-corrected chi connectivity index (χ0v) is 28.9. The standard InChI is InChI=1S/C43H46N4O4/c48-26-28-11-13-33(14-12-28)40-20-37(25-47-27-45-38-9-1-2-10-39(38)47)50-41(51-40)36-8-4-7-35(19-36)34-6-3-5-29(18-34)24-44-42(49)46-43-21-30-15-31(22-43)17-32(16-30)23-43/h1-14,18-19,27,30-32,37,40-41,48H,15-17,20-26H2,(H2,44,46,49)/t30?,31?,32?,37-,40+,41+,43?/m1/s1.